The van der Waals surface area contributed by atoms with E-state index in [0.717, 1.165) is 53.8 Å². The largest absolute Gasteiger partial charge is 0.369 e. The highest BCUT2D eigenvalue weighted by Gasteiger charge is 2.10. The maximum atomic E-state index is 4.75. The number of fused-ring (bicyclic) bond motifs is 1. The molecule has 0 radical (unpaired) electrons. The molecular formula is C19H21N7. The van der Waals surface area contributed by atoms with Crippen molar-refractivity contribution in [3.05, 3.63) is 60.3 Å². The molecule has 3 heterocycles. The molecule has 0 saturated carbocycles. The first-order chi connectivity index (χ1) is 12.7. The van der Waals surface area contributed by atoms with Crippen molar-refractivity contribution in [2.24, 2.45) is 0 Å². The van der Waals surface area contributed by atoms with Crippen molar-refractivity contribution in [1.82, 2.24) is 29.4 Å². The van der Waals surface area contributed by atoms with Crippen molar-refractivity contribution >= 4 is 11.5 Å². The van der Waals surface area contributed by atoms with E-state index >= 15 is 0 Å². The molecule has 26 heavy (non-hydrogen) atoms. The Morgan fingerprint density at radius 2 is 1.96 bits per heavy atom. The Hall–Kier alpha value is -3.22. The number of aryl methyl sites for hydroxylation is 2. The summed E-state index contributed by atoms with van der Waals surface area (Å²) in [6.45, 7) is 5.68. The molecule has 0 saturated heterocycles. The van der Waals surface area contributed by atoms with Gasteiger partial charge in [-0.2, -0.15) is 9.61 Å². The first-order valence-electron chi connectivity index (χ1n) is 8.78. The fourth-order valence-electron chi connectivity index (χ4n) is 3.01. The Labute approximate surface area is 151 Å². The van der Waals surface area contributed by atoms with E-state index in [9.17, 15) is 0 Å². The van der Waals surface area contributed by atoms with Gasteiger partial charge in [0.25, 0.3) is 0 Å². The molecule has 1 N–H and O–H groups in total. The molecule has 4 aromatic rings. The quantitative estimate of drug-likeness (QED) is 0.580. The van der Waals surface area contributed by atoms with Crippen LogP contribution in [0.5, 0.6) is 0 Å². The third-order valence-corrected chi connectivity index (χ3v) is 4.31. The van der Waals surface area contributed by atoms with E-state index in [1.54, 1.807) is 6.33 Å². The van der Waals surface area contributed by atoms with Crippen LogP contribution in [0.15, 0.2) is 48.8 Å². The van der Waals surface area contributed by atoms with Crippen LogP contribution in [0.4, 0.5) is 5.82 Å². The maximum Gasteiger partial charge on any atom is 0.158 e. The summed E-state index contributed by atoms with van der Waals surface area (Å²) in [6, 6.07) is 14.2. The first kappa shape index (κ1) is 16.3. The normalized spacial score (nSPS) is 11.2. The standard InChI is InChI=1S/C19H21N7/c1-3-25-13-21-23-17(25)9-10-20-18-12-16(15-7-5-4-6-8-15)22-19-11-14(2)24-26(18)19/h4-8,11-13,20H,3,9-10H2,1-2H3. The van der Waals surface area contributed by atoms with Crippen LogP contribution in [0, 0.1) is 6.92 Å². The second-order valence-corrected chi connectivity index (χ2v) is 6.16. The zero-order valence-corrected chi connectivity index (χ0v) is 14.9. The van der Waals surface area contributed by atoms with E-state index in [1.165, 1.54) is 0 Å². The van der Waals surface area contributed by atoms with Crippen molar-refractivity contribution < 1.29 is 0 Å². The van der Waals surface area contributed by atoms with Crippen LogP contribution < -0.4 is 5.32 Å². The van der Waals surface area contributed by atoms with Crippen LogP contribution in [-0.2, 0) is 13.0 Å². The van der Waals surface area contributed by atoms with E-state index in [0.29, 0.717) is 0 Å². The van der Waals surface area contributed by atoms with Gasteiger partial charge in [0, 0.05) is 37.2 Å². The fourth-order valence-corrected chi connectivity index (χ4v) is 3.01. The van der Waals surface area contributed by atoms with E-state index in [1.807, 2.05) is 41.8 Å². The van der Waals surface area contributed by atoms with Gasteiger partial charge in [-0.3, -0.25) is 0 Å². The molecule has 4 rings (SSSR count). The van der Waals surface area contributed by atoms with Crippen molar-refractivity contribution in [3.63, 3.8) is 0 Å². The van der Waals surface area contributed by atoms with Gasteiger partial charge in [0.05, 0.1) is 11.4 Å². The molecule has 3 aromatic heterocycles. The summed E-state index contributed by atoms with van der Waals surface area (Å²) in [4.78, 5) is 4.75. The van der Waals surface area contributed by atoms with Crippen molar-refractivity contribution in [2.75, 3.05) is 11.9 Å². The minimum absolute atomic E-state index is 0.741. The molecule has 7 nitrogen and oxygen atoms in total. The van der Waals surface area contributed by atoms with Gasteiger partial charge in [0.15, 0.2) is 5.65 Å². The highest BCUT2D eigenvalue weighted by Crippen LogP contribution is 2.22. The zero-order chi connectivity index (χ0) is 17.9. The van der Waals surface area contributed by atoms with Gasteiger partial charge >= 0.3 is 0 Å². The number of rotatable bonds is 6. The number of benzene rings is 1. The smallest absolute Gasteiger partial charge is 0.158 e. The topological polar surface area (TPSA) is 72.9 Å². The number of aromatic nitrogens is 6. The lowest BCUT2D eigenvalue weighted by Crippen LogP contribution is -2.12. The van der Waals surface area contributed by atoms with Crippen LogP contribution in [0.2, 0.25) is 0 Å². The summed E-state index contributed by atoms with van der Waals surface area (Å²) < 4.78 is 3.91. The number of hydrogen-bond donors (Lipinski definition) is 1. The van der Waals surface area contributed by atoms with E-state index < -0.39 is 0 Å². The molecule has 0 aliphatic heterocycles. The number of anilines is 1. The molecule has 0 bridgehead atoms. The third kappa shape index (κ3) is 3.15. The lowest BCUT2D eigenvalue weighted by atomic mass is 10.1. The average Bonchev–Trinajstić information content (AvgIpc) is 3.27. The van der Waals surface area contributed by atoms with Gasteiger partial charge in [-0.15, -0.1) is 10.2 Å². The minimum Gasteiger partial charge on any atom is -0.369 e. The lowest BCUT2D eigenvalue weighted by Gasteiger charge is -2.11. The summed E-state index contributed by atoms with van der Waals surface area (Å²) in [7, 11) is 0. The van der Waals surface area contributed by atoms with Gasteiger partial charge in [0.2, 0.25) is 0 Å². The number of nitrogens with zero attached hydrogens (tertiary/aromatic N) is 6. The minimum atomic E-state index is 0.741. The highest BCUT2D eigenvalue weighted by molar-refractivity contribution is 5.66. The molecule has 0 amide bonds. The zero-order valence-electron chi connectivity index (χ0n) is 14.9. The molecule has 0 aliphatic rings. The molecule has 7 heteroatoms. The van der Waals surface area contributed by atoms with Gasteiger partial charge < -0.3 is 9.88 Å². The van der Waals surface area contributed by atoms with Crippen LogP contribution in [0.25, 0.3) is 16.9 Å². The Morgan fingerprint density at radius 3 is 2.77 bits per heavy atom. The van der Waals surface area contributed by atoms with Crippen molar-refractivity contribution in [2.45, 2.75) is 26.8 Å². The molecule has 0 fully saturated rings. The molecule has 132 valence electrons. The van der Waals surface area contributed by atoms with E-state index in [-0.39, 0.29) is 0 Å². The monoisotopic (exact) mass is 347 g/mol. The Balaban J connectivity index is 1.62. The Morgan fingerprint density at radius 1 is 1.12 bits per heavy atom. The Kier molecular flexibility index (Phi) is 4.35. The lowest BCUT2D eigenvalue weighted by molar-refractivity contribution is 0.697. The van der Waals surface area contributed by atoms with Gasteiger partial charge in [-0.1, -0.05) is 30.3 Å². The van der Waals surface area contributed by atoms with E-state index in [4.69, 9.17) is 4.98 Å². The fraction of sp³-hybridized carbons (Fsp3) is 0.263. The Bertz CT molecular complexity index is 1020. The molecule has 1 aromatic carbocycles. The predicted octanol–water partition coefficient (Wildman–Crippen LogP) is 2.97. The van der Waals surface area contributed by atoms with Crippen LogP contribution >= 0.6 is 0 Å². The average molecular weight is 347 g/mol. The summed E-state index contributed by atoms with van der Waals surface area (Å²) in [6.07, 6.45) is 2.56. The summed E-state index contributed by atoms with van der Waals surface area (Å²) in [5.41, 5.74) is 3.79. The summed E-state index contributed by atoms with van der Waals surface area (Å²) in [5, 5.41) is 16.2. The highest BCUT2D eigenvalue weighted by atomic mass is 15.3. The van der Waals surface area contributed by atoms with Gasteiger partial charge in [-0.05, 0) is 13.8 Å². The van der Waals surface area contributed by atoms with Gasteiger partial charge in [0.1, 0.15) is 18.0 Å². The molecule has 0 unspecified atom stereocenters. The van der Waals surface area contributed by atoms with Crippen LogP contribution in [0.3, 0.4) is 0 Å². The van der Waals surface area contributed by atoms with Crippen molar-refractivity contribution in [1.29, 1.82) is 0 Å². The summed E-state index contributed by atoms with van der Waals surface area (Å²) >= 11 is 0. The number of nitrogens with one attached hydrogen (secondary N) is 1. The van der Waals surface area contributed by atoms with Crippen LogP contribution in [-0.4, -0.2) is 35.9 Å². The molecule has 0 aliphatic carbocycles. The first-order valence-corrected chi connectivity index (χ1v) is 8.78. The molecule has 0 atom stereocenters. The third-order valence-electron chi connectivity index (χ3n) is 4.31. The van der Waals surface area contributed by atoms with Crippen molar-refractivity contribution in [3.8, 4) is 11.3 Å². The molecular weight excluding hydrogens is 326 g/mol. The maximum absolute atomic E-state index is 4.75. The second-order valence-electron chi connectivity index (χ2n) is 6.16. The van der Waals surface area contributed by atoms with Crippen LogP contribution in [0.1, 0.15) is 18.4 Å². The summed E-state index contributed by atoms with van der Waals surface area (Å²) in [5.74, 6) is 1.90. The SMILES string of the molecule is CCn1cnnc1CCNc1cc(-c2ccccc2)nc2cc(C)nn12. The van der Waals surface area contributed by atoms with E-state index in [2.05, 4.69) is 44.2 Å². The number of hydrogen-bond acceptors (Lipinski definition) is 5. The second kappa shape index (κ2) is 6.95. The predicted molar refractivity (Wildman–Crippen MR) is 101 cm³/mol. The van der Waals surface area contributed by atoms with Gasteiger partial charge in [-0.25, -0.2) is 4.98 Å². The molecule has 0 spiro atoms.